The van der Waals surface area contributed by atoms with Crippen LogP contribution in [0, 0.1) is 10.8 Å². The molecular weight excluding hydrogens is 370 g/mol. The summed E-state index contributed by atoms with van der Waals surface area (Å²) in [6.45, 7) is 7.77. The summed E-state index contributed by atoms with van der Waals surface area (Å²) in [5.74, 6) is -0.275. The van der Waals surface area contributed by atoms with Crippen LogP contribution in [-0.4, -0.2) is 51.4 Å². The second kappa shape index (κ2) is 14.0. The Morgan fingerprint density at radius 1 is 0.724 bits per heavy atom. The lowest BCUT2D eigenvalue weighted by Crippen LogP contribution is -2.25. The maximum Gasteiger partial charge on any atom is 0.311 e. The molecule has 0 saturated carbocycles. The molecule has 0 aliphatic heterocycles. The number of esters is 2. The van der Waals surface area contributed by atoms with Gasteiger partial charge in [0.1, 0.15) is 0 Å². The molecule has 0 aliphatic rings. The smallest absolute Gasteiger partial charge is 0.311 e. The fourth-order valence-corrected chi connectivity index (χ4v) is 3.54. The van der Waals surface area contributed by atoms with Crippen LogP contribution in [0.15, 0.2) is 0 Å². The van der Waals surface area contributed by atoms with E-state index >= 15 is 0 Å². The first-order valence-electron chi connectivity index (χ1n) is 11.0. The number of carbonyl (C=O) groups excluding carboxylic acids is 2. The Morgan fingerprint density at radius 3 is 1.41 bits per heavy atom. The van der Waals surface area contributed by atoms with Crippen LogP contribution in [0.5, 0.6) is 0 Å². The lowest BCUT2D eigenvalue weighted by Gasteiger charge is -2.23. The standard InChI is InChI=1S/C23H45NO5/c1-22(2,20(25)27-7)17-13-9-11-15-19(29-24(5)6)16-12-10-14-18-23(3,4)21(26)28-8/h19H,9-18H2,1-8H3. The predicted octanol–water partition coefficient (Wildman–Crippen LogP) is 5.15. The monoisotopic (exact) mass is 415 g/mol. The SMILES string of the molecule is COC(=O)C(C)(C)CCCCCC(CCCCCC(C)(C)C(=O)OC)ON(C)C. The summed E-state index contributed by atoms with van der Waals surface area (Å²) >= 11 is 0. The van der Waals surface area contributed by atoms with Crippen molar-refractivity contribution in [1.82, 2.24) is 5.06 Å². The lowest BCUT2D eigenvalue weighted by atomic mass is 9.86. The highest BCUT2D eigenvalue weighted by atomic mass is 16.7. The van der Waals surface area contributed by atoms with Crippen LogP contribution in [0.3, 0.4) is 0 Å². The predicted molar refractivity (Wildman–Crippen MR) is 116 cm³/mol. The number of rotatable bonds is 16. The van der Waals surface area contributed by atoms with Crippen molar-refractivity contribution in [2.24, 2.45) is 10.8 Å². The molecule has 0 bridgehead atoms. The van der Waals surface area contributed by atoms with Crippen molar-refractivity contribution in [3.63, 3.8) is 0 Å². The summed E-state index contributed by atoms with van der Waals surface area (Å²) in [5.41, 5.74) is -0.821. The summed E-state index contributed by atoms with van der Waals surface area (Å²) in [7, 11) is 6.74. The van der Waals surface area contributed by atoms with Gasteiger partial charge >= 0.3 is 11.9 Å². The zero-order valence-electron chi connectivity index (χ0n) is 20.1. The Hall–Kier alpha value is -1.14. The van der Waals surface area contributed by atoms with Gasteiger partial charge in [0.05, 0.1) is 31.2 Å². The van der Waals surface area contributed by atoms with Gasteiger partial charge in [-0.1, -0.05) is 38.5 Å². The highest BCUT2D eigenvalue weighted by molar-refractivity contribution is 5.76. The molecule has 0 amide bonds. The number of hydrogen-bond donors (Lipinski definition) is 0. The summed E-state index contributed by atoms with van der Waals surface area (Å²) in [6, 6.07) is 0. The van der Waals surface area contributed by atoms with Crippen molar-refractivity contribution in [2.45, 2.75) is 98.0 Å². The average Bonchev–Trinajstić information content (AvgIpc) is 2.64. The fourth-order valence-electron chi connectivity index (χ4n) is 3.54. The largest absolute Gasteiger partial charge is 0.469 e. The van der Waals surface area contributed by atoms with Crippen molar-refractivity contribution in [2.75, 3.05) is 28.3 Å². The van der Waals surface area contributed by atoms with Crippen molar-refractivity contribution < 1.29 is 23.9 Å². The van der Waals surface area contributed by atoms with Crippen LogP contribution in [-0.2, 0) is 23.9 Å². The first-order chi connectivity index (χ1) is 13.5. The van der Waals surface area contributed by atoms with Crippen molar-refractivity contribution in [3.8, 4) is 0 Å². The first kappa shape index (κ1) is 27.9. The normalized spacial score (nSPS) is 12.5. The highest BCUT2D eigenvalue weighted by Crippen LogP contribution is 2.27. The lowest BCUT2D eigenvalue weighted by molar-refractivity contribution is -0.169. The molecular formula is C23H45NO5. The summed E-state index contributed by atoms with van der Waals surface area (Å²) in [6.07, 6.45) is 10.3. The van der Waals surface area contributed by atoms with E-state index in [1.54, 1.807) is 5.06 Å². The van der Waals surface area contributed by atoms with Crippen LogP contribution in [0.2, 0.25) is 0 Å². The van der Waals surface area contributed by atoms with Gasteiger partial charge in [0.2, 0.25) is 0 Å². The maximum absolute atomic E-state index is 11.7. The zero-order chi connectivity index (χ0) is 22.5. The molecule has 0 aromatic rings. The van der Waals surface area contributed by atoms with Crippen molar-refractivity contribution in [1.29, 1.82) is 0 Å². The Morgan fingerprint density at radius 2 is 1.10 bits per heavy atom. The van der Waals surface area contributed by atoms with Crippen molar-refractivity contribution in [3.05, 3.63) is 0 Å². The van der Waals surface area contributed by atoms with Gasteiger partial charge in [0.15, 0.2) is 0 Å². The Balaban J connectivity index is 4.15. The van der Waals surface area contributed by atoms with Gasteiger partial charge in [0.25, 0.3) is 0 Å². The number of ether oxygens (including phenoxy) is 2. The minimum absolute atomic E-state index is 0.137. The van der Waals surface area contributed by atoms with Crippen LogP contribution in [0.4, 0.5) is 0 Å². The third-order valence-corrected chi connectivity index (χ3v) is 5.49. The van der Waals surface area contributed by atoms with Gasteiger partial charge in [0, 0.05) is 14.1 Å². The number of hydroxylamine groups is 2. The van der Waals surface area contributed by atoms with Gasteiger partial charge in [-0.05, 0) is 53.4 Å². The van der Waals surface area contributed by atoms with Crippen molar-refractivity contribution >= 4 is 11.9 Å². The van der Waals surface area contributed by atoms with E-state index in [9.17, 15) is 9.59 Å². The van der Waals surface area contributed by atoms with Gasteiger partial charge in [-0.15, -0.1) is 0 Å². The average molecular weight is 416 g/mol. The minimum atomic E-state index is -0.410. The minimum Gasteiger partial charge on any atom is -0.469 e. The van der Waals surface area contributed by atoms with E-state index in [1.807, 2.05) is 41.8 Å². The zero-order valence-corrected chi connectivity index (χ0v) is 20.1. The maximum atomic E-state index is 11.7. The first-order valence-corrected chi connectivity index (χ1v) is 11.0. The molecule has 29 heavy (non-hydrogen) atoms. The molecule has 0 spiro atoms. The molecule has 0 N–H and O–H groups in total. The van der Waals surface area contributed by atoms with Gasteiger partial charge in [-0.3, -0.25) is 14.4 Å². The van der Waals surface area contributed by atoms with E-state index in [2.05, 4.69) is 0 Å². The van der Waals surface area contributed by atoms with E-state index in [0.717, 1.165) is 64.2 Å². The Labute approximate surface area is 178 Å². The molecule has 0 atom stereocenters. The Bertz CT molecular complexity index is 436. The second-order valence-corrected chi connectivity index (χ2v) is 9.49. The van der Waals surface area contributed by atoms with Crippen LogP contribution >= 0.6 is 0 Å². The van der Waals surface area contributed by atoms with E-state index in [0.29, 0.717) is 0 Å². The summed E-state index contributed by atoms with van der Waals surface area (Å²) in [5, 5.41) is 1.78. The molecule has 0 radical (unpaired) electrons. The third-order valence-electron chi connectivity index (χ3n) is 5.49. The topological polar surface area (TPSA) is 65.1 Å². The fraction of sp³-hybridized carbons (Fsp3) is 0.913. The van der Waals surface area contributed by atoms with E-state index in [-0.39, 0.29) is 18.0 Å². The molecule has 0 fully saturated rings. The van der Waals surface area contributed by atoms with Crippen LogP contribution < -0.4 is 0 Å². The highest BCUT2D eigenvalue weighted by Gasteiger charge is 2.28. The van der Waals surface area contributed by atoms with Gasteiger partial charge in [-0.2, -0.15) is 5.06 Å². The molecule has 0 heterocycles. The van der Waals surface area contributed by atoms with E-state index in [1.165, 1.54) is 14.2 Å². The van der Waals surface area contributed by atoms with Gasteiger partial charge in [-0.25, -0.2) is 0 Å². The number of methoxy groups -OCH3 is 2. The number of unbranched alkanes of at least 4 members (excludes halogenated alkanes) is 4. The molecule has 0 aromatic heterocycles. The van der Waals surface area contributed by atoms with E-state index < -0.39 is 10.8 Å². The number of nitrogens with zero attached hydrogens (tertiary/aromatic N) is 1. The second-order valence-electron chi connectivity index (χ2n) is 9.49. The van der Waals surface area contributed by atoms with Crippen LogP contribution in [0.25, 0.3) is 0 Å². The Kier molecular flexibility index (Phi) is 13.4. The molecule has 0 rings (SSSR count). The molecule has 0 saturated heterocycles. The third kappa shape index (κ3) is 12.2. The van der Waals surface area contributed by atoms with Gasteiger partial charge < -0.3 is 9.47 Å². The summed E-state index contributed by atoms with van der Waals surface area (Å²) < 4.78 is 9.74. The number of carbonyl (C=O) groups is 2. The van der Waals surface area contributed by atoms with Crippen LogP contribution in [0.1, 0.15) is 91.9 Å². The number of hydrogen-bond acceptors (Lipinski definition) is 6. The summed E-state index contributed by atoms with van der Waals surface area (Å²) in [4.78, 5) is 29.4. The molecule has 172 valence electrons. The quantitative estimate of drug-likeness (QED) is 0.197. The molecule has 0 unspecified atom stereocenters. The van der Waals surface area contributed by atoms with E-state index in [4.69, 9.17) is 14.3 Å². The molecule has 6 heteroatoms. The molecule has 0 aliphatic carbocycles. The molecule has 0 aromatic carbocycles. The molecule has 6 nitrogen and oxygen atoms in total.